The normalized spacial score (nSPS) is 9.50. The molecule has 0 spiro atoms. The number of nitrogens with zero attached hydrogens (tertiary/aromatic N) is 1. The maximum atomic E-state index is 13.2. The van der Waals surface area contributed by atoms with E-state index in [0.717, 1.165) is 12.0 Å². The van der Waals surface area contributed by atoms with E-state index in [1.165, 1.54) is 6.07 Å². The fourth-order valence-corrected chi connectivity index (χ4v) is 1.19. The lowest BCUT2D eigenvalue weighted by Crippen LogP contribution is -1.94. The molecule has 0 fully saturated rings. The van der Waals surface area contributed by atoms with E-state index < -0.39 is 0 Å². The van der Waals surface area contributed by atoms with Crippen molar-refractivity contribution in [3.05, 3.63) is 34.6 Å². The number of aryl methyl sites for hydroxylation is 1. The first-order valence-electron chi connectivity index (χ1n) is 3.88. The van der Waals surface area contributed by atoms with Gasteiger partial charge in [-0.2, -0.15) is 5.26 Å². The molecule has 0 aliphatic heterocycles. The van der Waals surface area contributed by atoms with Crippen LogP contribution < -0.4 is 0 Å². The predicted molar refractivity (Wildman–Crippen MR) is 45.2 cm³/mol. The van der Waals surface area contributed by atoms with Crippen molar-refractivity contribution in [2.45, 2.75) is 20.3 Å². The molecule has 0 amide bonds. The third-order valence-electron chi connectivity index (χ3n) is 2.00. The van der Waals surface area contributed by atoms with Crippen LogP contribution in [0.2, 0.25) is 0 Å². The first-order chi connectivity index (χ1) is 5.70. The summed E-state index contributed by atoms with van der Waals surface area (Å²) in [7, 11) is 0. The van der Waals surface area contributed by atoms with Gasteiger partial charge in [0.05, 0.1) is 5.56 Å². The molecule has 0 saturated carbocycles. The maximum absolute atomic E-state index is 13.2. The van der Waals surface area contributed by atoms with Gasteiger partial charge in [0, 0.05) is 0 Å². The average molecular weight is 163 g/mol. The Hall–Kier alpha value is -1.36. The largest absolute Gasteiger partial charge is 0.205 e. The molecule has 0 aliphatic rings. The molecule has 62 valence electrons. The highest BCUT2D eigenvalue weighted by molar-refractivity contribution is 5.39. The van der Waals surface area contributed by atoms with Crippen LogP contribution in [0.4, 0.5) is 4.39 Å². The smallest absolute Gasteiger partial charge is 0.144 e. The highest BCUT2D eigenvalue weighted by Gasteiger charge is 2.07. The molecule has 1 aromatic rings. The summed E-state index contributed by atoms with van der Waals surface area (Å²) in [6, 6.07) is 5.14. The van der Waals surface area contributed by atoms with Crippen molar-refractivity contribution in [2.75, 3.05) is 0 Å². The molecule has 0 radical (unpaired) electrons. The Bertz CT molecular complexity index is 336. The summed E-state index contributed by atoms with van der Waals surface area (Å²) in [5, 5.41) is 8.52. The van der Waals surface area contributed by atoms with Crippen molar-refractivity contribution < 1.29 is 4.39 Å². The van der Waals surface area contributed by atoms with Crippen LogP contribution in [-0.2, 0) is 6.42 Å². The van der Waals surface area contributed by atoms with E-state index in [4.69, 9.17) is 5.26 Å². The van der Waals surface area contributed by atoms with E-state index in [-0.39, 0.29) is 11.4 Å². The van der Waals surface area contributed by atoms with E-state index in [2.05, 4.69) is 0 Å². The van der Waals surface area contributed by atoms with E-state index in [9.17, 15) is 4.39 Å². The number of hydrogen-bond acceptors (Lipinski definition) is 1. The summed E-state index contributed by atoms with van der Waals surface area (Å²) in [4.78, 5) is 0. The lowest BCUT2D eigenvalue weighted by molar-refractivity contribution is 0.612. The summed E-state index contributed by atoms with van der Waals surface area (Å²) in [5.41, 5.74) is 1.69. The second-order valence-corrected chi connectivity index (χ2v) is 2.68. The highest BCUT2D eigenvalue weighted by Crippen LogP contribution is 2.16. The van der Waals surface area contributed by atoms with Crippen molar-refractivity contribution in [1.29, 1.82) is 5.26 Å². The lowest BCUT2D eigenvalue weighted by atomic mass is 10.0. The van der Waals surface area contributed by atoms with E-state index >= 15 is 0 Å². The van der Waals surface area contributed by atoms with Gasteiger partial charge in [-0.1, -0.05) is 13.0 Å². The van der Waals surface area contributed by atoms with Crippen LogP contribution in [0.1, 0.15) is 23.6 Å². The summed E-state index contributed by atoms with van der Waals surface area (Å²) < 4.78 is 13.2. The lowest BCUT2D eigenvalue weighted by Gasteiger charge is -2.04. The number of benzene rings is 1. The summed E-state index contributed by atoms with van der Waals surface area (Å²) in [6.07, 6.45) is 0.800. The van der Waals surface area contributed by atoms with Gasteiger partial charge in [0.25, 0.3) is 0 Å². The number of halogens is 1. The fourth-order valence-electron chi connectivity index (χ4n) is 1.19. The van der Waals surface area contributed by atoms with Crippen LogP contribution in [0.5, 0.6) is 0 Å². The van der Waals surface area contributed by atoms with Crippen LogP contribution in [0.15, 0.2) is 12.1 Å². The Morgan fingerprint density at radius 1 is 1.50 bits per heavy atom. The van der Waals surface area contributed by atoms with Gasteiger partial charge in [-0.05, 0) is 30.5 Å². The molecule has 0 bridgehead atoms. The van der Waals surface area contributed by atoms with Crippen molar-refractivity contribution in [1.82, 2.24) is 0 Å². The second kappa shape index (κ2) is 3.36. The average Bonchev–Trinajstić information content (AvgIpc) is 2.10. The molecule has 0 saturated heterocycles. The first-order valence-corrected chi connectivity index (χ1v) is 3.88. The second-order valence-electron chi connectivity index (χ2n) is 2.68. The van der Waals surface area contributed by atoms with Crippen LogP contribution in [0.25, 0.3) is 0 Å². The SMILES string of the molecule is CCc1ccc(C#N)c(F)c1C. The quantitative estimate of drug-likeness (QED) is 0.624. The molecule has 0 heterocycles. The zero-order valence-electron chi connectivity index (χ0n) is 7.19. The van der Waals surface area contributed by atoms with Crippen molar-refractivity contribution >= 4 is 0 Å². The van der Waals surface area contributed by atoms with Gasteiger partial charge in [-0.15, -0.1) is 0 Å². The number of hydrogen-bond donors (Lipinski definition) is 0. The number of nitriles is 1. The summed E-state index contributed by atoms with van der Waals surface area (Å²) in [6.45, 7) is 3.67. The Morgan fingerprint density at radius 3 is 2.67 bits per heavy atom. The molecule has 0 aliphatic carbocycles. The summed E-state index contributed by atoms with van der Waals surface area (Å²) >= 11 is 0. The summed E-state index contributed by atoms with van der Waals surface area (Å²) in [5.74, 6) is -0.378. The van der Waals surface area contributed by atoms with Gasteiger partial charge in [-0.25, -0.2) is 4.39 Å². The zero-order chi connectivity index (χ0) is 9.14. The fraction of sp³-hybridized carbons (Fsp3) is 0.300. The molecule has 1 aromatic carbocycles. The Balaban J connectivity index is 3.32. The minimum Gasteiger partial charge on any atom is -0.205 e. The predicted octanol–water partition coefficient (Wildman–Crippen LogP) is 2.57. The van der Waals surface area contributed by atoms with Crippen molar-refractivity contribution in [3.63, 3.8) is 0 Å². The molecule has 0 N–H and O–H groups in total. The molecule has 0 atom stereocenters. The monoisotopic (exact) mass is 163 g/mol. The maximum Gasteiger partial charge on any atom is 0.144 e. The van der Waals surface area contributed by atoms with Crippen LogP contribution in [-0.4, -0.2) is 0 Å². The van der Waals surface area contributed by atoms with E-state index in [1.54, 1.807) is 13.0 Å². The van der Waals surface area contributed by atoms with Gasteiger partial charge in [0.15, 0.2) is 0 Å². The standard InChI is InChI=1S/C10H10FN/c1-3-8-4-5-9(6-12)10(11)7(8)2/h4-5H,3H2,1-2H3. The van der Waals surface area contributed by atoms with Gasteiger partial charge in [0.1, 0.15) is 11.9 Å². The Labute approximate surface area is 71.4 Å². The van der Waals surface area contributed by atoms with Gasteiger partial charge in [-0.3, -0.25) is 0 Å². The first kappa shape index (κ1) is 8.73. The van der Waals surface area contributed by atoms with E-state index in [0.29, 0.717) is 5.56 Å². The third kappa shape index (κ3) is 1.31. The molecule has 1 rings (SSSR count). The molecule has 0 aromatic heterocycles. The molecule has 1 nitrogen and oxygen atoms in total. The molecule has 2 heteroatoms. The van der Waals surface area contributed by atoms with Crippen molar-refractivity contribution in [2.24, 2.45) is 0 Å². The van der Waals surface area contributed by atoms with Crippen LogP contribution in [0.3, 0.4) is 0 Å². The molecule has 0 unspecified atom stereocenters. The van der Waals surface area contributed by atoms with Gasteiger partial charge < -0.3 is 0 Å². The molecular formula is C10H10FN. The van der Waals surface area contributed by atoms with Crippen LogP contribution in [0, 0.1) is 24.1 Å². The van der Waals surface area contributed by atoms with Crippen LogP contribution >= 0.6 is 0 Å². The minimum atomic E-state index is -0.378. The topological polar surface area (TPSA) is 23.8 Å². The Morgan fingerprint density at radius 2 is 2.17 bits per heavy atom. The van der Waals surface area contributed by atoms with Gasteiger partial charge in [0.2, 0.25) is 0 Å². The zero-order valence-corrected chi connectivity index (χ0v) is 7.19. The van der Waals surface area contributed by atoms with E-state index in [1.807, 2.05) is 13.0 Å². The third-order valence-corrected chi connectivity index (χ3v) is 2.00. The molecule has 12 heavy (non-hydrogen) atoms. The number of rotatable bonds is 1. The molecular weight excluding hydrogens is 153 g/mol. The highest BCUT2D eigenvalue weighted by atomic mass is 19.1. The van der Waals surface area contributed by atoms with Crippen molar-refractivity contribution in [3.8, 4) is 6.07 Å². The minimum absolute atomic E-state index is 0.129. The Kier molecular flexibility index (Phi) is 2.44. The van der Waals surface area contributed by atoms with Gasteiger partial charge >= 0.3 is 0 Å².